The van der Waals surface area contributed by atoms with Crippen molar-refractivity contribution in [3.05, 3.63) is 0 Å². The Morgan fingerprint density at radius 3 is 1.70 bits per heavy atom. The molecule has 0 heterocycles. The third-order valence-corrected chi connectivity index (χ3v) is 0.754. The first kappa shape index (κ1) is 9.90. The summed E-state index contributed by atoms with van der Waals surface area (Å²) in [6.45, 7) is -3.74. The molecule has 0 N–H and O–H groups in total. The first-order valence-electron chi connectivity index (χ1n) is 1.98. The fourth-order valence-electron chi connectivity index (χ4n) is 0.170. The molecule has 0 radical (unpaired) electrons. The zero-order valence-electron chi connectivity index (χ0n) is 4.33. The van der Waals surface area contributed by atoms with Crippen LogP contribution in [0.25, 0.3) is 0 Å². The highest BCUT2D eigenvalue weighted by atomic mass is 35.5. The molecule has 1 atom stereocenters. The SMILES string of the molecule is FC(F)OC(F)(F)[C@H](F)Cl. The lowest BCUT2D eigenvalue weighted by molar-refractivity contribution is -0.330. The average Bonchev–Trinajstić information content (AvgIpc) is 1.60. The fraction of sp³-hybridized carbons (Fsp3) is 1.00. The number of ether oxygens (including phenoxy) is 1. The molecule has 0 bridgehead atoms. The molecule has 0 fully saturated rings. The van der Waals surface area contributed by atoms with Gasteiger partial charge in [-0.3, -0.25) is 4.74 Å². The normalized spacial score (nSPS) is 15.9. The Bertz CT molecular complexity index is 105. The van der Waals surface area contributed by atoms with E-state index in [1.807, 2.05) is 0 Å². The van der Waals surface area contributed by atoms with E-state index in [0.29, 0.717) is 0 Å². The molecule has 0 saturated carbocycles. The van der Waals surface area contributed by atoms with E-state index in [1.54, 1.807) is 0 Å². The summed E-state index contributed by atoms with van der Waals surface area (Å²) in [7, 11) is 0. The van der Waals surface area contributed by atoms with Gasteiger partial charge in [-0.25, -0.2) is 4.39 Å². The lowest BCUT2D eigenvalue weighted by Gasteiger charge is -2.14. The maximum absolute atomic E-state index is 11.6. The molecule has 0 aromatic heterocycles. The highest BCUT2D eigenvalue weighted by Gasteiger charge is 2.43. The highest BCUT2D eigenvalue weighted by molar-refractivity contribution is 6.20. The van der Waals surface area contributed by atoms with Gasteiger partial charge in [0.2, 0.25) is 0 Å². The third-order valence-electron chi connectivity index (χ3n) is 0.500. The molecule has 0 unspecified atom stereocenters. The van der Waals surface area contributed by atoms with Gasteiger partial charge in [-0.2, -0.15) is 17.6 Å². The van der Waals surface area contributed by atoms with Crippen LogP contribution in [0.5, 0.6) is 0 Å². The summed E-state index contributed by atoms with van der Waals surface area (Å²) in [5.41, 5.74) is -3.26. The van der Waals surface area contributed by atoms with Crippen molar-refractivity contribution in [2.24, 2.45) is 0 Å². The van der Waals surface area contributed by atoms with Gasteiger partial charge in [-0.15, -0.1) is 0 Å². The van der Waals surface area contributed by atoms with Crippen LogP contribution in [-0.2, 0) is 4.74 Å². The summed E-state index contributed by atoms with van der Waals surface area (Å²) in [6.07, 6.45) is -4.63. The summed E-state index contributed by atoms with van der Waals surface area (Å²) < 4.78 is 59.0. The Labute approximate surface area is 57.7 Å². The van der Waals surface area contributed by atoms with Gasteiger partial charge in [0.05, 0.1) is 0 Å². The minimum atomic E-state index is -4.63. The number of hydrogen-bond donors (Lipinski definition) is 0. The van der Waals surface area contributed by atoms with Gasteiger partial charge in [0.15, 0.2) is 0 Å². The minimum absolute atomic E-state index is 2.53. The monoisotopic (exact) mass is 184 g/mol. The van der Waals surface area contributed by atoms with Crippen LogP contribution in [0.4, 0.5) is 22.0 Å². The van der Waals surface area contributed by atoms with Gasteiger partial charge in [0, 0.05) is 0 Å². The Balaban J connectivity index is 3.87. The zero-order valence-corrected chi connectivity index (χ0v) is 5.09. The largest absolute Gasteiger partial charge is 0.405 e. The average molecular weight is 184 g/mol. The molecular formula is C3H2ClF5O. The van der Waals surface area contributed by atoms with Crippen LogP contribution in [0.3, 0.4) is 0 Å². The van der Waals surface area contributed by atoms with Gasteiger partial charge >= 0.3 is 12.7 Å². The van der Waals surface area contributed by atoms with Gasteiger partial charge in [-0.05, 0) is 0 Å². The summed E-state index contributed by atoms with van der Waals surface area (Å²) >= 11 is 4.14. The molecule has 0 aliphatic rings. The van der Waals surface area contributed by atoms with E-state index in [-0.39, 0.29) is 0 Å². The topological polar surface area (TPSA) is 9.23 Å². The standard InChI is InChI=1S/C3H2ClF5O/c4-1(5)3(8,9)10-2(6)7/h1-2H/t1-/m0/s1. The Hall–Kier alpha value is -0.100. The number of halogens is 6. The molecular weight excluding hydrogens is 182 g/mol. The van der Waals surface area contributed by atoms with E-state index in [0.717, 1.165) is 0 Å². The summed E-state index contributed by atoms with van der Waals surface area (Å²) in [4.78, 5) is 0. The first-order valence-corrected chi connectivity index (χ1v) is 2.42. The molecule has 62 valence electrons. The van der Waals surface area contributed by atoms with Crippen LogP contribution in [-0.4, -0.2) is 18.4 Å². The van der Waals surface area contributed by atoms with Crippen LogP contribution in [0.2, 0.25) is 0 Å². The Morgan fingerprint density at radius 1 is 1.20 bits per heavy atom. The Morgan fingerprint density at radius 2 is 1.60 bits per heavy atom. The Kier molecular flexibility index (Phi) is 3.30. The number of hydrogen-bond acceptors (Lipinski definition) is 1. The third kappa shape index (κ3) is 3.17. The molecule has 0 amide bonds. The van der Waals surface area contributed by atoms with Crippen LogP contribution in [0, 0.1) is 0 Å². The van der Waals surface area contributed by atoms with E-state index in [4.69, 9.17) is 0 Å². The molecule has 7 heteroatoms. The van der Waals surface area contributed by atoms with E-state index >= 15 is 0 Å². The van der Waals surface area contributed by atoms with Crippen molar-refractivity contribution < 1.29 is 26.7 Å². The second-order valence-electron chi connectivity index (χ2n) is 1.24. The number of rotatable bonds is 3. The summed E-state index contributed by atoms with van der Waals surface area (Å²) in [5.74, 6) is 0. The van der Waals surface area contributed by atoms with E-state index < -0.39 is 18.4 Å². The van der Waals surface area contributed by atoms with Gasteiger partial charge in [0.1, 0.15) is 0 Å². The lowest BCUT2D eigenvalue weighted by atomic mass is 10.7. The zero-order chi connectivity index (χ0) is 8.36. The predicted octanol–water partition coefficient (Wildman–Crippen LogP) is 2.35. The van der Waals surface area contributed by atoms with Crippen LogP contribution in [0.1, 0.15) is 0 Å². The van der Waals surface area contributed by atoms with Gasteiger partial charge in [-0.1, -0.05) is 11.6 Å². The van der Waals surface area contributed by atoms with Crippen molar-refractivity contribution in [3.8, 4) is 0 Å². The predicted molar refractivity (Wildman–Crippen MR) is 22.8 cm³/mol. The first-order chi connectivity index (χ1) is 4.36. The van der Waals surface area contributed by atoms with Crippen molar-refractivity contribution in [3.63, 3.8) is 0 Å². The molecule has 10 heavy (non-hydrogen) atoms. The second-order valence-corrected chi connectivity index (χ2v) is 1.62. The van der Waals surface area contributed by atoms with Crippen molar-refractivity contribution in [2.75, 3.05) is 0 Å². The van der Waals surface area contributed by atoms with Gasteiger partial charge in [0.25, 0.3) is 5.63 Å². The molecule has 0 aromatic carbocycles. The van der Waals surface area contributed by atoms with Crippen molar-refractivity contribution in [1.82, 2.24) is 0 Å². The van der Waals surface area contributed by atoms with E-state index in [1.165, 1.54) is 0 Å². The van der Waals surface area contributed by atoms with Crippen LogP contribution >= 0.6 is 11.6 Å². The van der Waals surface area contributed by atoms with Crippen LogP contribution < -0.4 is 0 Å². The van der Waals surface area contributed by atoms with E-state index in [2.05, 4.69) is 16.3 Å². The molecule has 0 aromatic rings. The highest BCUT2D eigenvalue weighted by Crippen LogP contribution is 2.27. The molecule has 0 rings (SSSR count). The second kappa shape index (κ2) is 3.34. The molecule has 0 aliphatic carbocycles. The number of alkyl halides is 6. The minimum Gasteiger partial charge on any atom is -0.254 e. The molecule has 0 saturated heterocycles. The smallest absolute Gasteiger partial charge is 0.254 e. The maximum atomic E-state index is 11.6. The summed E-state index contributed by atoms with van der Waals surface area (Å²) in [5, 5.41) is 0. The van der Waals surface area contributed by atoms with Crippen molar-refractivity contribution in [2.45, 2.75) is 18.4 Å². The maximum Gasteiger partial charge on any atom is 0.405 e. The van der Waals surface area contributed by atoms with Gasteiger partial charge < -0.3 is 0 Å². The summed E-state index contributed by atoms with van der Waals surface area (Å²) in [6, 6.07) is 0. The molecule has 0 spiro atoms. The molecule has 0 aliphatic heterocycles. The van der Waals surface area contributed by atoms with Crippen molar-refractivity contribution in [1.29, 1.82) is 0 Å². The fourth-order valence-corrected chi connectivity index (χ4v) is 0.222. The quantitative estimate of drug-likeness (QED) is 0.483. The van der Waals surface area contributed by atoms with Crippen molar-refractivity contribution >= 4 is 11.6 Å². The molecule has 1 nitrogen and oxygen atoms in total. The lowest BCUT2D eigenvalue weighted by Crippen LogP contribution is -2.31. The van der Waals surface area contributed by atoms with Crippen LogP contribution in [0.15, 0.2) is 0 Å². The van der Waals surface area contributed by atoms with E-state index in [9.17, 15) is 22.0 Å².